The summed E-state index contributed by atoms with van der Waals surface area (Å²) >= 11 is 0. The average molecular weight is 210 g/mol. The quantitative estimate of drug-likeness (QED) is 0.648. The lowest BCUT2D eigenvalue weighted by Crippen LogP contribution is -2.14. The summed E-state index contributed by atoms with van der Waals surface area (Å²) in [6, 6.07) is 6.72. The minimum Gasteiger partial charge on any atom is -0.508 e. The number of carbonyl (C=O) groups excluding carboxylic acids is 1. The molecule has 0 saturated carbocycles. The molecule has 4 nitrogen and oxygen atoms in total. The van der Waals surface area contributed by atoms with E-state index in [9.17, 15) is 9.90 Å². The van der Waals surface area contributed by atoms with Crippen molar-refractivity contribution in [2.45, 2.75) is 0 Å². The smallest absolute Gasteiger partial charge is 0.292 e. The minimum absolute atomic E-state index is 0.00616. The summed E-state index contributed by atoms with van der Waals surface area (Å²) in [6.07, 6.45) is 0. The van der Waals surface area contributed by atoms with Crippen molar-refractivity contribution in [2.75, 3.05) is 11.3 Å². The lowest BCUT2D eigenvalue weighted by Gasteiger charge is -2.06. The first kappa shape index (κ1) is 9.08. The molecule has 2 rings (SSSR count). The van der Waals surface area contributed by atoms with Crippen LogP contribution in [0.5, 0.6) is 5.75 Å². The Morgan fingerprint density at radius 2 is 2.36 bits per heavy atom. The zero-order valence-corrected chi connectivity index (χ0v) is 8.17. The van der Waals surface area contributed by atoms with Crippen molar-refractivity contribution >= 4 is 27.0 Å². The largest absolute Gasteiger partial charge is 0.508 e. The topological polar surface area (TPSA) is 61.4 Å². The number of rotatable bonds is 2. The first-order chi connectivity index (χ1) is 6.75. The predicted octanol–water partition coefficient (Wildman–Crippen LogP) is 1.51. The standard InChI is InChI=1S/C9H10N2O2S/c12-8-3-1-2-7(6-8)11-14-5-4-10-9(14)13/h1-3,5-6,11-12H,4H2,(H,10,13). The van der Waals surface area contributed by atoms with Gasteiger partial charge in [0.05, 0.1) is 0 Å². The van der Waals surface area contributed by atoms with Gasteiger partial charge in [0.1, 0.15) is 5.75 Å². The molecule has 1 aliphatic rings. The Morgan fingerprint density at radius 1 is 1.50 bits per heavy atom. The van der Waals surface area contributed by atoms with Gasteiger partial charge in [0.2, 0.25) is 0 Å². The van der Waals surface area contributed by atoms with Gasteiger partial charge in [-0.25, -0.2) is 0 Å². The van der Waals surface area contributed by atoms with Crippen LogP contribution in [0.4, 0.5) is 10.5 Å². The highest BCUT2D eigenvalue weighted by atomic mass is 32.2. The maximum atomic E-state index is 11.2. The van der Waals surface area contributed by atoms with E-state index in [-0.39, 0.29) is 11.0 Å². The third kappa shape index (κ3) is 1.88. The van der Waals surface area contributed by atoms with Crippen molar-refractivity contribution in [3.05, 3.63) is 24.3 Å². The van der Waals surface area contributed by atoms with Gasteiger partial charge in [0, 0.05) is 18.3 Å². The van der Waals surface area contributed by atoms with Crippen LogP contribution in [-0.2, 0) is 0 Å². The van der Waals surface area contributed by atoms with Crippen LogP contribution in [-0.4, -0.2) is 22.3 Å². The number of benzene rings is 1. The highest BCUT2D eigenvalue weighted by Gasteiger charge is 2.12. The highest BCUT2D eigenvalue weighted by Crippen LogP contribution is 2.23. The molecule has 1 atom stereocenters. The molecule has 1 aromatic rings. The Balaban J connectivity index is 2.15. The van der Waals surface area contributed by atoms with Crippen LogP contribution in [0.15, 0.2) is 24.3 Å². The van der Waals surface area contributed by atoms with Crippen molar-refractivity contribution in [2.24, 2.45) is 0 Å². The first-order valence-electron chi connectivity index (χ1n) is 4.15. The summed E-state index contributed by atoms with van der Waals surface area (Å²) < 4.78 is 3.03. The molecule has 1 heterocycles. The summed E-state index contributed by atoms with van der Waals surface area (Å²) in [4.78, 5) is 11.2. The fourth-order valence-electron chi connectivity index (χ4n) is 1.15. The van der Waals surface area contributed by atoms with Crippen LogP contribution < -0.4 is 10.0 Å². The molecule has 0 aliphatic carbocycles. The Bertz CT molecular complexity index is 404. The number of phenolic OH excluding ortho intramolecular Hbond substituents is 1. The van der Waals surface area contributed by atoms with Crippen molar-refractivity contribution in [1.82, 2.24) is 5.32 Å². The highest BCUT2D eigenvalue weighted by molar-refractivity contribution is 8.29. The number of nitrogens with one attached hydrogen (secondary N) is 2. The van der Waals surface area contributed by atoms with Gasteiger partial charge in [0.15, 0.2) is 0 Å². The molecule has 0 spiro atoms. The van der Waals surface area contributed by atoms with Gasteiger partial charge < -0.3 is 15.1 Å². The normalized spacial score (nSPS) is 20.0. The summed E-state index contributed by atoms with van der Waals surface area (Å²) in [5.41, 5.74) is 0.752. The minimum atomic E-state index is -0.567. The summed E-state index contributed by atoms with van der Waals surface area (Å²) in [5.74, 6) is 0.193. The Labute approximate surface area is 84.0 Å². The van der Waals surface area contributed by atoms with Gasteiger partial charge in [-0.15, -0.1) is 0 Å². The molecule has 14 heavy (non-hydrogen) atoms. The molecule has 1 amide bonds. The van der Waals surface area contributed by atoms with E-state index >= 15 is 0 Å². The summed E-state index contributed by atoms with van der Waals surface area (Å²) in [6.45, 7) is 0.605. The number of amides is 1. The third-order valence-electron chi connectivity index (χ3n) is 1.77. The molecule has 0 fully saturated rings. The third-order valence-corrected chi connectivity index (χ3v) is 3.27. The molecule has 0 saturated heterocycles. The zero-order valence-electron chi connectivity index (χ0n) is 7.36. The first-order valence-corrected chi connectivity index (χ1v) is 5.44. The van der Waals surface area contributed by atoms with Gasteiger partial charge in [-0.1, -0.05) is 6.07 Å². The summed E-state index contributed by atoms with van der Waals surface area (Å²) in [5, 5.41) is 13.8. The van der Waals surface area contributed by atoms with Gasteiger partial charge in [0.25, 0.3) is 5.24 Å². The summed E-state index contributed by atoms with van der Waals surface area (Å²) in [7, 11) is -0.567. The predicted molar refractivity (Wildman–Crippen MR) is 58.8 cm³/mol. The van der Waals surface area contributed by atoms with E-state index in [1.807, 2.05) is 11.4 Å². The maximum Gasteiger partial charge on any atom is 0.292 e. The fourth-order valence-corrected chi connectivity index (χ4v) is 2.34. The van der Waals surface area contributed by atoms with Crippen LogP contribution in [0.2, 0.25) is 0 Å². The second-order valence-electron chi connectivity index (χ2n) is 2.83. The van der Waals surface area contributed by atoms with E-state index < -0.39 is 10.7 Å². The van der Waals surface area contributed by atoms with Crippen molar-refractivity contribution in [1.29, 1.82) is 0 Å². The molecule has 1 unspecified atom stereocenters. The number of carbonyl (C=O) groups is 1. The Kier molecular flexibility index (Phi) is 2.41. The lowest BCUT2D eigenvalue weighted by atomic mass is 10.3. The van der Waals surface area contributed by atoms with Gasteiger partial charge in [-0.05, 0) is 28.2 Å². The molecule has 0 bridgehead atoms. The number of hydrogen-bond acceptors (Lipinski definition) is 3. The van der Waals surface area contributed by atoms with Crippen LogP contribution in [0, 0.1) is 0 Å². The zero-order chi connectivity index (χ0) is 9.97. The van der Waals surface area contributed by atoms with Gasteiger partial charge in [-0.3, -0.25) is 4.79 Å². The maximum absolute atomic E-state index is 11.2. The van der Waals surface area contributed by atoms with Crippen LogP contribution >= 0.6 is 10.7 Å². The average Bonchev–Trinajstić information content (AvgIpc) is 2.52. The van der Waals surface area contributed by atoms with E-state index in [0.29, 0.717) is 6.54 Å². The van der Waals surface area contributed by atoms with E-state index in [4.69, 9.17) is 0 Å². The second-order valence-corrected chi connectivity index (χ2v) is 4.41. The van der Waals surface area contributed by atoms with Gasteiger partial charge >= 0.3 is 0 Å². The second kappa shape index (κ2) is 3.71. The molecule has 74 valence electrons. The van der Waals surface area contributed by atoms with E-state index in [2.05, 4.69) is 10.0 Å². The number of hydrogen-bond donors (Lipinski definition) is 3. The number of aromatic hydroxyl groups is 1. The van der Waals surface area contributed by atoms with Crippen molar-refractivity contribution in [3.63, 3.8) is 0 Å². The van der Waals surface area contributed by atoms with E-state index in [1.165, 1.54) is 0 Å². The number of phenols is 1. The molecular formula is C9H10N2O2S. The molecule has 5 heteroatoms. The van der Waals surface area contributed by atoms with E-state index in [0.717, 1.165) is 5.69 Å². The van der Waals surface area contributed by atoms with Crippen LogP contribution in [0.3, 0.4) is 0 Å². The van der Waals surface area contributed by atoms with Crippen molar-refractivity contribution in [3.8, 4) is 5.75 Å². The monoisotopic (exact) mass is 210 g/mol. The molecule has 1 aromatic carbocycles. The molecular weight excluding hydrogens is 200 g/mol. The lowest BCUT2D eigenvalue weighted by molar-refractivity contribution is 0.262. The Hall–Kier alpha value is -1.49. The SMILES string of the molecule is O=C1NCC=S1Nc1cccc(O)c1. The van der Waals surface area contributed by atoms with Gasteiger partial charge in [-0.2, -0.15) is 0 Å². The number of anilines is 1. The van der Waals surface area contributed by atoms with Crippen molar-refractivity contribution < 1.29 is 9.90 Å². The molecule has 1 aliphatic heterocycles. The van der Waals surface area contributed by atoms with Crippen LogP contribution in [0.1, 0.15) is 0 Å². The molecule has 0 radical (unpaired) electrons. The molecule has 3 N–H and O–H groups in total. The Morgan fingerprint density at radius 3 is 3.00 bits per heavy atom. The van der Waals surface area contributed by atoms with Crippen LogP contribution in [0.25, 0.3) is 0 Å². The van der Waals surface area contributed by atoms with E-state index in [1.54, 1.807) is 18.2 Å². The molecule has 0 aromatic heterocycles. The fraction of sp³-hybridized carbons (Fsp3) is 0.111.